The molecular formula is C9H10Br2. The monoisotopic (exact) mass is 276 g/mol. The number of hydrogen-bond donors (Lipinski definition) is 0. The van der Waals surface area contributed by atoms with Crippen LogP contribution in [0.3, 0.4) is 0 Å². The topological polar surface area (TPSA) is 0 Å². The normalized spacial score (nSPS) is 38.2. The second kappa shape index (κ2) is 2.46. The molecule has 0 radical (unpaired) electrons. The van der Waals surface area contributed by atoms with Crippen molar-refractivity contribution in [2.45, 2.75) is 16.1 Å². The lowest BCUT2D eigenvalue weighted by molar-refractivity contribution is 0.442. The molecule has 0 aliphatic heterocycles. The molecule has 3 saturated carbocycles. The van der Waals surface area contributed by atoms with Crippen molar-refractivity contribution in [3.8, 4) is 0 Å². The maximum atomic E-state index is 3.72. The summed E-state index contributed by atoms with van der Waals surface area (Å²) < 4.78 is 0.231. The summed E-state index contributed by atoms with van der Waals surface area (Å²) in [5.74, 6) is 1.43. The van der Waals surface area contributed by atoms with E-state index in [4.69, 9.17) is 0 Å². The van der Waals surface area contributed by atoms with E-state index < -0.39 is 0 Å². The second-order valence-corrected chi connectivity index (χ2v) is 6.95. The van der Waals surface area contributed by atoms with Crippen LogP contribution in [0.2, 0.25) is 0 Å². The van der Waals surface area contributed by atoms with Crippen molar-refractivity contribution in [3.05, 3.63) is 24.3 Å². The van der Waals surface area contributed by atoms with Crippen molar-refractivity contribution in [2.75, 3.05) is 0 Å². The zero-order chi connectivity index (χ0) is 8.06. The third kappa shape index (κ3) is 0.919. The van der Waals surface area contributed by atoms with E-state index in [1.807, 2.05) is 6.08 Å². The molecule has 3 aliphatic rings. The van der Waals surface area contributed by atoms with E-state index >= 15 is 0 Å². The SMILES string of the molecule is C=CC=C1C2CCC1C2(Br)Br. The summed E-state index contributed by atoms with van der Waals surface area (Å²) in [7, 11) is 0. The van der Waals surface area contributed by atoms with Gasteiger partial charge in [0.15, 0.2) is 0 Å². The average molecular weight is 278 g/mol. The molecule has 0 aromatic heterocycles. The molecule has 0 saturated heterocycles. The van der Waals surface area contributed by atoms with Gasteiger partial charge in [-0.05, 0) is 12.8 Å². The highest BCUT2D eigenvalue weighted by atomic mass is 79.9. The van der Waals surface area contributed by atoms with Gasteiger partial charge in [0.2, 0.25) is 0 Å². The smallest absolute Gasteiger partial charge is 0.0935 e. The minimum absolute atomic E-state index is 0.231. The molecule has 60 valence electrons. The Morgan fingerprint density at radius 1 is 1.36 bits per heavy atom. The first-order valence-electron chi connectivity index (χ1n) is 3.88. The summed E-state index contributed by atoms with van der Waals surface area (Å²) in [5, 5.41) is 0. The maximum Gasteiger partial charge on any atom is 0.0935 e. The van der Waals surface area contributed by atoms with E-state index in [9.17, 15) is 0 Å². The Labute approximate surface area is 84.0 Å². The predicted octanol–water partition coefficient (Wildman–Crippen LogP) is 3.62. The van der Waals surface area contributed by atoms with Gasteiger partial charge >= 0.3 is 0 Å². The van der Waals surface area contributed by atoms with Gasteiger partial charge in [0, 0.05) is 11.8 Å². The molecule has 11 heavy (non-hydrogen) atoms. The third-order valence-electron chi connectivity index (χ3n) is 2.79. The molecule has 2 bridgehead atoms. The van der Waals surface area contributed by atoms with Gasteiger partial charge in [-0.2, -0.15) is 0 Å². The van der Waals surface area contributed by atoms with Crippen LogP contribution in [-0.4, -0.2) is 3.23 Å². The first kappa shape index (κ1) is 8.06. The van der Waals surface area contributed by atoms with Crippen molar-refractivity contribution in [2.24, 2.45) is 11.8 Å². The van der Waals surface area contributed by atoms with Crippen LogP contribution in [0.5, 0.6) is 0 Å². The van der Waals surface area contributed by atoms with Gasteiger partial charge in [0.05, 0.1) is 3.23 Å². The Kier molecular flexibility index (Phi) is 1.80. The summed E-state index contributed by atoms with van der Waals surface area (Å²) in [6, 6.07) is 0. The molecule has 2 unspecified atom stereocenters. The largest absolute Gasteiger partial charge is 0.0991 e. The first-order valence-corrected chi connectivity index (χ1v) is 5.47. The van der Waals surface area contributed by atoms with Gasteiger partial charge in [0.1, 0.15) is 0 Å². The Morgan fingerprint density at radius 3 is 2.27 bits per heavy atom. The number of rotatable bonds is 1. The van der Waals surface area contributed by atoms with Crippen LogP contribution in [0.4, 0.5) is 0 Å². The number of hydrogen-bond acceptors (Lipinski definition) is 0. The fraction of sp³-hybridized carbons (Fsp3) is 0.556. The minimum atomic E-state index is 0.231. The van der Waals surface area contributed by atoms with Crippen LogP contribution < -0.4 is 0 Å². The number of allylic oxidation sites excluding steroid dienone is 3. The minimum Gasteiger partial charge on any atom is -0.0991 e. The second-order valence-electron chi connectivity index (χ2n) is 3.26. The van der Waals surface area contributed by atoms with Gasteiger partial charge in [-0.15, -0.1) is 0 Å². The average Bonchev–Trinajstić information content (AvgIpc) is 2.46. The molecule has 0 amide bonds. The number of alkyl halides is 2. The summed E-state index contributed by atoms with van der Waals surface area (Å²) in [4.78, 5) is 0. The van der Waals surface area contributed by atoms with E-state index in [1.54, 1.807) is 5.57 Å². The molecule has 2 heteroatoms. The highest BCUT2D eigenvalue weighted by molar-refractivity contribution is 9.25. The molecule has 3 fully saturated rings. The van der Waals surface area contributed by atoms with Crippen molar-refractivity contribution >= 4 is 31.9 Å². The number of fused-ring (bicyclic) bond motifs is 1. The molecule has 0 nitrogen and oxygen atoms in total. The first-order chi connectivity index (χ1) is 5.18. The lowest BCUT2D eigenvalue weighted by atomic mass is 9.77. The van der Waals surface area contributed by atoms with E-state index in [0.717, 1.165) is 0 Å². The summed E-state index contributed by atoms with van der Waals surface area (Å²) in [6.07, 6.45) is 6.71. The van der Waals surface area contributed by atoms with Crippen LogP contribution in [0.15, 0.2) is 24.3 Å². The van der Waals surface area contributed by atoms with Gasteiger partial charge in [-0.25, -0.2) is 0 Å². The van der Waals surface area contributed by atoms with Crippen LogP contribution in [-0.2, 0) is 0 Å². The summed E-state index contributed by atoms with van der Waals surface area (Å²) >= 11 is 7.42. The third-order valence-corrected chi connectivity index (χ3v) is 5.00. The Hall–Kier alpha value is 0.440. The lowest BCUT2D eigenvalue weighted by Gasteiger charge is -2.43. The fourth-order valence-corrected chi connectivity index (χ4v) is 4.23. The zero-order valence-corrected chi connectivity index (χ0v) is 9.36. The molecule has 0 heterocycles. The molecule has 0 aromatic carbocycles. The van der Waals surface area contributed by atoms with E-state index in [0.29, 0.717) is 11.8 Å². The Balaban J connectivity index is 2.26. The Morgan fingerprint density at radius 2 is 1.91 bits per heavy atom. The Bertz CT molecular complexity index is 212. The molecule has 0 aromatic rings. The zero-order valence-electron chi connectivity index (χ0n) is 6.19. The van der Waals surface area contributed by atoms with E-state index in [-0.39, 0.29) is 3.23 Å². The molecule has 3 aliphatic carbocycles. The van der Waals surface area contributed by atoms with Crippen LogP contribution in [0, 0.1) is 11.8 Å². The number of halogens is 2. The van der Waals surface area contributed by atoms with E-state index in [1.165, 1.54) is 12.8 Å². The summed E-state index contributed by atoms with van der Waals surface area (Å²) in [6.45, 7) is 3.72. The van der Waals surface area contributed by atoms with Crippen LogP contribution >= 0.6 is 31.9 Å². The van der Waals surface area contributed by atoms with E-state index in [2.05, 4.69) is 44.5 Å². The lowest BCUT2D eigenvalue weighted by Crippen LogP contribution is -2.40. The predicted molar refractivity (Wildman–Crippen MR) is 55.1 cm³/mol. The van der Waals surface area contributed by atoms with Gasteiger partial charge < -0.3 is 0 Å². The summed E-state index contributed by atoms with van der Waals surface area (Å²) in [5.41, 5.74) is 1.58. The fourth-order valence-electron chi connectivity index (χ4n) is 2.25. The van der Waals surface area contributed by atoms with Crippen molar-refractivity contribution in [1.82, 2.24) is 0 Å². The van der Waals surface area contributed by atoms with Crippen molar-refractivity contribution in [1.29, 1.82) is 0 Å². The highest BCUT2D eigenvalue weighted by Crippen LogP contribution is 2.67. The van der Waals surface area contributed by atoms with Gasteiger partial charge in [0.25, 0.3) is 0 Å². The van der Waals surface area contributed by atoms with Crippen LogP contribution in [0.1, 0.15) is 12.8 Å². The van der Waals surface area contributed by atoms with Crippen molar-refractivity contribution < 1.29 is 0 Å². The molecule has 2 atom stereocenters. The quantitative estimate of drug-likeness (QED) is 0.642. The molecule has 3 rings (SSSR count). The highest BCUT2D eigenvalue weighted by Gasteiger charge is 2.59. The molecule has 0 N–H and O–H groups in total. The van der Waals surface area contributed by atoms with Crippen LogP contribution in [0.25, 0.3) is 0 Å². The van der Waals surface area contributed by atoms with Gasteiger partial charge in [-0.1, -0.05) is 56.2 Å². The standard InChI is InChI=1S/C9H10Br2/c1-2-3-6-7-4-5-8(6)9(7,10)11/h2-3,7-8H,1,4-5H2. The molecule has 0 spiro atoms. The van der Waals surface area contributed by atoms with Crippen molar-refractivity contribution in [3.63, 3.8) is 0 Å². The van der Waals surface area contributed by atoms with Gasteiger partial charge in [-0.3, -0.25) is 0 Å². The molecular weight excluding hydrogens is 268 g/mol. The maximum absolute atomic E-state index is 3.72.